The van der Waals surface area contributed by atoms with Crippen molar-refractivity contribution in [1.29, 1.82) is 0 Å². The molecule has 0 unspecified atom stereocenters. The summed E-state index contributed by atoms with van der Waals surface area (Å²) in [4.78, 5) is 0. The molecule has 11 heavy (non-hydrogen) atoms. The summed E-state index contributed by atoms with van der Waals surface area (Å²) in [5.74, 6) is 0. The average Bonchev–Trinajstić information content (AvgIpc) is 1.97. The molecule has 0 aliphatic carbocycles. The van der Waals surface area contributed by atoms with E-state index in [1.165, 1.54) is 0 Å². The van der Waals surface area contributed by atoms with Crippen molar-refractivity contribution in [3.8, 4) is 0 Å². The molecule has 0 aromatic carbocycles. The van der Waals surface area contributed by atoms with E-state index in [0.717, 1.165) is 0 Å². The first kappa shape index (κ1) is 10.2. The lowest BCUT2D eigenvalue weighted by atomic mass is 9.79. The summed E-state index contributed by atoms with van der Waals surface area (Å²) in [6, 6.07) is 0. The minimum Gasteiger partial charge on any atom is -0.423 e. The largest absolute Gasteiger partial charge is 0.488 e. The minimum atomic E-state index is -1.37. The number of hydrogen-bond acceptors (Lipinski definition) is 2. The molecule has 0 aromatic rings. The van der Waals surface area contributed by atoms with Gasteiger partial charge in [0, 0.05) is 0 Å². The maximum absolute atomic E-state index is 8.72. The molecule has 0 radical (unpaired) electrons. The third-order valence-electron chi connectivity index (χ3n) is 1.22. The number of allylic oxidation sites excluding steroid dienone is 6. The monoisotopic (exact) mass is 152 g/mol. The van der Waals surface area contributed by atoms with Crippen molar-refractivity contribution < 1.29 is 10.0 Å². The van der Waals surface area contributed by atoms with Crippen molar-refractivity contribution in [2.24, 2.45) is 0 Å². The van der Waals surface area contributed by atoms with E-state index < -0.39 is 7.12 Å². The normalized spacial score (nSPS) is 13.3. The van der Waals surface area contributed by atoms with E-state index in [2.05, 4.69) is 0 Å². The second-order valence-corrected chi connectivity index (χ2v) is 2.05. The molecule has 0 heterocycles. The fraction of sp³-hybridized carbons (Fsp3) is 0.250. The first-order valence-electron chi connectivity index (χ1n) is 3.54. The van der Waals surface area contributed by atoms with Crippen LogP contribution in [0.15, 0.2) is 35.9 Å². The lowest BCUT2D eigenvalue weighted by Gasteiger charge is -1.95. The summed E-state index contributed by atoms with van der Waals surface area (Å²) in [5.41, 5.74) is 0.503. The molecule has 60 valence electrons. The van der Waals surface area contributed by atoms with Crippen LogP contribution >= 0.6 is 0 Å². The third-order valence-corrected chi connectivity index (χ3v) is 1.22. The second-order valence-electron chi connectivity index (χ2n) is 2.05. The van der Waals surface area contributed by atoms with E-state index in [9.17, 15) is 0 Å². The van der Waals surface area contributed by atoms with Crippen LogP contribution in [-0.4, -0.2) is 17.2 Å². The Hall–Kier alpha value is -0.795. The Morgan fingerprint density at radius 2 is 1.82 bits per heavy atom. The molecule has 3 heteroatoms. The molecule has 0 aliphatic rings. The Labute approximate surface area is 67.7 Å². The standard InChI is InChI=1S/C8H13BO2/c1-3-5-6-7-8(4-2)9(10)11/h3-7,10-11H,1-2H3. The maximum Gasteiger partial charge on any atom is 0.488 e. The first-order chi connectivity index (χ1) is 5.22. The van der Waals surface area contributed by atoms with Crippen molar-refractivity contribution in [1.82, 2.24) is 0 Å². The Bertz CT molecular complexity index is 181. The molecule has 0 bridgehead atoms. The maximum atomic E-state index is 8.72. The molecular weight excluding hydrogens is 139 g/mol. The molecule has 0 atom stereocenters. The van der Waals surface area contributed by atoms with Crippen LogP contribution in [0.4, 0.5) is 0 Å². The van der Waals surface area contributed by atoms with E-state index in [1.54, 1.807) is 25.2 Å². The Morgan fingerprint density at radius 3 is 2.18 bits per heavy atom. The van der Waals surface area contributed by atoms with Gasteiger partial charge < -0.3 is 10.0 Å². The lowest BCUT2D eigenvalue weighted by molar-refractivity contribution is 0.420. The van der Waals surface area contributed by atoms with Crippen molar-refractivity contribution >= 4 is 7.12 Å². The molecule has 0 saturated heterocycles. The highest BCUT2D eigenvalue weighted by molar-refractivity contribution is 6.51. The van der Waals surface area contributed by atoms with Crippen LogP contribution in [0.2, 0.25) is 0 Å². The van der Waals surface area contributed by atoms with Gasteiger partial charge in [-0.25, -0.2) is 0 Å². The summed E-state index contributed by atoms with van der Waals surface area (Å²) in [5, 5.41) is 17.4. The van der Waals surface area contributed by atoms with Gasteiger partial charge in [-0.2, -0.15) is 0 Å². The molecule has 0 rings (SSSR count). The molecule has 0 spiro atoms. The van der Waals surface area contributed by atoms with E-state index in [-0.39, 0.29) is 0 Å². The van der Waals surface area contributed by atoms with Crippen LogP contribution in [0.1, 0.15) is 13.8 Å². The van der Waals surface area contributed by atoms with Crippen molar-refractivity contribution in [2.45, 2.75) is 13.8 Å². The highest BCUT2D eigenvalue weighted by atomic mass is 16.4. The molecule has 0 fully saturated rings. The van der Waals surface area contributed by atoms with Gasteiger partial charge in [0.2, 0.25) is 0 Å². The van der Waals surface area contributed by atoms with E-state index in [4.69, 9.17) is 10.0 Å². The van der Waals surface area contributed by atoms with Gasteiger partial charge in [0.1, 0.15) is 0 Å². The fourth-order valence-corrected chi connectivity index (χ4v) is 0.609. The van der Waals surface area contributed by atoms with Gasteiger partial charge >= 0.3 is 7.12 Å². The highest BCUT2D eigenvalue weighted by Crippen LogP contribution is 1.97. The van der Waals surface area contributed by atoms with E-state index >= 15 is 0 Å². The zero-order valence-corrected chi connectivity index (χ0v) is 6.86. The smallest absolute Gasteiger partial charge is 0.423 e. The molecule has 2 nitrogen and oxygen atoms in total. The van der Waals surface area contributed by atoms with Crippen LogP contribution in [0.25, 0.3) is 0 Å². The molecule has 0 amide bonds. The summed E-state index contributed by atoms with van der Waals surface area (Å²) < 4.78 is 0. The van der Waals surface area contributed by atoms with Crippen LogP contribution in [0.3, 0.4) is 0 Å². The van der Waals surface area contributed by atoms with Gasteiger partial charge in [-0.3, -0.25) is 0 Å². The molecule has 0 saturated carbocycles. The van der Waals surface area contributed by atoms with Crippen LogP contribution in [0.5, 0.6) is 0 Å². The fourth-order valence-electron chi connectivity index (χ4n) is 0.609. The van der Waals surface area contributed by atoms with Crippen molar-refractivity contribution in [3.05, 3.63) is 35.9 Å². The van der Waals surface area contributed by atoms with Crippen molar-refractivity contribution in [3.63, 3.8) is 0 Å². The molecule has 2 N–H and O–H groups in total. The van der Waals surface area contributed by atoms with Gasteiger partial charge in [0.15, 0.2) is 0 Å². The molecule has 0 aliphatic heterocycles. The minimum absolute atomic E-state index is 0.503. The Morgan fingerprint density at radius 1 is 1.18 bits per heavy atom. The summed E-state index contributed by atoms with van der Waals surface area (Å²) in [6.07, 6.45) is 8.77. The van der Waals surface area contributed by atoms with Gasteiger partial charge in [-0.15, -0.1) is 0 Å². The third kappa shape index (κ3) is 4.59. The SMILES string of the molecule is CC=CC=CC(=CC)B(O)O. The number of rotatable bonds is 3. The van der Waals surface area contributed by atoms with Gasteiger partial charge in [0.25, 0.3) is 0 Å². The summed E-state index contributed by atoms with van der Waals surface area (Å²) in [6.45, 7) is 3.66. The van der Waals surface area contributed by atoms with E-state index in [0.29, 0.717) is 5.47 Å². The zero-order valence-electron chi connectivity index (χ0n) is 6.86. The van der Waals surface area contributed by atoms with Crippen LogP contribution in [0, 0.1) is 0 Å². The summed E-state index contributed by atoms with van der Waals surface area (Å²) >= 11 is 0. The molecular formula is C8H13BO2. The Balaban J connectivity index is 4.10. The van der Waals surface area contributed by atoms with Crippen molar-refractivity contribution in [2.75, 3.05) is 0 Å². The Kier molecular flexibility index (Phi) is 5.52. The topological polar surface area (TPSA) is 40.5 Å². The second kappa shape index (κ2) is 5.95. The average molecular weight is 152 g/mol. The van der Waals surface area contributed by atoms with Crippen LogP contribution in [-0.2, 0) is 0 Å². The first-order valence-corrected chi connectivity index (χ1v) is 3.54. The quantitative estimate of drug-likeness (QED) is 0.469. The summed E-state index contributed by atoms with van der Waals surface area (Å²) in [7, 11) is -1.37. The van der Waals surface area contributed by atoms with Gasteiger partial charge in [0.05, 0.1) is 0 Å². The predicted molar refractivity (Wildman–Crippen MR) is 47.9 cm³/mol. The molecule has 0 aromatic heterocycles. The van der Waals surface area contributed by atoms with Crippen LogP contribution < -0.4 is 0 Å². The van der Waals surface area contributed by atoms with Gasteiger partial charge in [-0.05, 0) is 19.3 Å². The van der Waals surface area contributed by atoms with E-state index in [1.807, 2.05) is 19.1 Å². The van der Waals surface area contributed by atoms with Gasteiger partial charge in [-0.1, -0.05) is 30.4 Å². The highest BCUT2D eigenvalue weighted by Gasteiger charge is 2.08. The number of hydrogen-bond donors (Lipinski definition) is 2. The predicted octanol–water partition coefficient (Wildman–Crippen LogP) is 1.08. The lowest BCUT2D eigenvalue weighted by Crippen LogP contribution is -2.13. The zero-order chi connectivity index (χ0) is 8.69.